The van der Waals surface area contributed by atoms with Gasteiger partial charge in [-0.25, -0.2) is 4.98 Å². The number of thioether (sulfide) groups is 1. The Labute approximate surface area is 116 Å². The summed E-state index contributed by atoms with van der Waals surface area (Å²) in [6.07, 6.45) is 5.02. The van der Waals surface area contributed by atoms with Crippen molar-refractivity contribution in [3.63, 3.8) is 0 Å². The zero-order chi connectivity index (χ0) is 13.6. The van der Waals surface area contributed by atoms with Crippen LogP contribution in [0.4, 0.5) is 0 Å². The molecule has 0 aliphatic heterocycles. The van der Waals surface area contributed by atoms with Gasteiger partial charge >= 0.3 is 0 Å². The van der Waals surface area contributed by atoms with Crippen LogP contribution in [-0.4, -0.2) is 40.2 Å². The molecule has 0 aromatic carbocycles. The highest BCUT2D eigenvalue weighted by molar-refractivity contribution is 7.98. The second kappa shape index (κ2) is 6.92. The molecule has 0 spiro atoms. The second-order valence-corrected chi connectivity index (χ2v) is 6.20. The SMILES string of the molecule is CSCC(C)(O)CNC(=O)/C=C/c1csc(C)n1. The molecule has 1 heterocycles. The van der Waals surface area contributed by atoms with Crippen molar-refractivity contribution in [3.8, 4) is 0 Å². The van der Waals surface area contributed by atoms with Crippen LogP contribution >= 0.6 is 23.1 Å². The number of carbonyl (C=O) groups excluding carboxylic acids is 1. The van der Waals surface area contributed by atoms with Crippen LogP contribution in [0.25, 0.3) is 6.08 Å². The maximum Gasteiger partial charge on any atom is 0.244 e. The molecule has 0 fully saturated rings. The van der Waals surface area contributed by atoms with Gasteiger partial charge in [0.15, 0.2) is 0 Å². The molecule has 4 nitrogen and oxygen atoms in total. The molecule has 1 aromatic rings. The minimum Gasteiger partial charge on any atom is -0.387 e. The van der Waals surface area contributed by atoms with Crippen molar-refractivity contribution in [2.24, 2.45) is 0 Å². The van der Waals surface area contributed by atoms with Gasteiger partial charge in [-0.15, -0.1) is 11.3 Å². The molecular weight excluding hydrogens is 268 g/mol. The number of aromatic nitrogens is 1. The minimum atomic E-state index is -0.875. The molecule has 0 saturated heterocycles. The Balaban J connectivity index is 2.40. The Hall–Kier alpha value is -0.850. The molecule has 0 aliphatic carbocycles. The van der Waals surface area contributed by atoms with Gasteiger partial charge in [0.25, 0.3) is 0 Å². The number of hydrogen-bond acceptors (Lipinski definition) is 5. The lowest BCUT2D eigenvalue weighted by molar-refractivity contribution is -0.117. The van der Waals surface area contributed by atoms with E-state index in [1.54, 1.807) is 36.1 Å². The van der Waals surface area contributed by atoms with Gasteiger partial charge in [-0.1, -0.05) is 0 Å². The summed E-state index contributed by atoms with van der Waals surface area (Å²) in [5.74, 6) is 0.365. The van der Waals surface area contributed by atoms with Crippen molar-refractivity contribution < 1.29 is 9.90 Å². The molecule has 1 rings (SSSR count). The largest absolute Gasteiger partial charge is 0.387 e. The Morgan fingerprint density at radius 2 is 2.44 bits per heavy atom. The third kappa shape index (κ3) is 5.66. The first-order chi connectivity index (χ1) is 8.43. The summed E-state index contributed by atoms with van der Waals surface area (Å²) in [6.45, 7) is 3.87. The van der Waals surface area contributed by atoms with Gasteiger partial charge in [0.1, 0.15) is 0 Å². The molecule has 0 bridgehead atoms. The molecule has 6 heteroatoms. The molecule has 1 unspecified atom stereocenters. The fourth-order valence-electron chi connectivity index (χ4n) is 1.32. The van der Waals surface area contributed by atoms with Crippen molar-refractivity contribution in [1.29, 1.82) is 0 Å². The van der Waals surface area contributed by atoms with Crippen LogP contribution in [-0.2, 0) is 4.79 Å². The number of hydrogen-bond donors (Lipinski definition) is 2. The number of nitrogens with one attached hydrogen (secondary N) is 1. The lowest BCUT2D eigenvalue weighted by Gasteiger charge is -2.21. The summed E-state index contributed by atoms with van der Waals surface area (Å²) in [7, 11) is 0. The molecule has 2 N–H and O–H groups in total. The molecule has 0 aliphatic rings. The number of amides is 1. The molecule has 1 amide bonds. The number of carbonyl (C=O) groups is 1. The average Bonchev–Trinajstić information content (AvgIpc) is 2.70. The number of aryl methyl sites for hydroxylation is 1. The zero-order valence-corrected chi connectivity index (χ0v) is 12.4. The third-order valence-corrected chi connectivity index (χ3v) is 3.84. The lowest BCUT2D eigenvalue weighted by Crippen LogP contribution is -2.41. The first-order valence-electron chi connectivity index (χ1n) is 5.52. The van der Waals surface area contributed by atoms with Crippen LogP contribution in [0, 0.1) is 6.92 Å². The van der Waals surface area contributed by atoms with Crippen LogP contribution in [0.15, 0.2) is 11.5 Å². The van der Waals surface area contributed by atoms with Gasteiger partial charge in [-0.3, -0.25) is 4.79 Å². The molecule has 0 radical (unpaired) electrons. The van der Waals surface area contributed by atoms with E-state index in [4.69, 9.17) is 0 Å². The van der Waals surface area contributed by atoms with E-state index in [0.29, 0.717) is 5.75 Å². The van der Waals surface area contributed by atoms with Gasteiger partial charge in [0.05, 0.1) is 16.3 Å². The van der Waals surface area contributed by atoms with Gasteiger partial charge in [-0.2, -0.15) is 11.8 Å². The highest BCUT2D eigenvalue weighted by atomic mass is 32.2. The summed E-state index contributed by atoms with van der Waals surface area (Å²) >= 11 is 3.09. The van der Waals surface area contributed by atoms with Gasteiger partial charge in [0.2, 0.25) is 5.91 Å². The molecule has 100 valence electrons. The lowest BCUT2D eigenvalue weighted by atomic mass is 10.1. The summed E-state index contributed by atoms with van der Waals surface area (Å²) in [6, 6.07) is 0. The van der Waals surface area contributed by atoms with Crippen molar-refractivity contribution in [2.75, 3.05) is 18.6 Å². The summed E-state index contributed by atoms with van der Waals surface area (Å²) < 4.78 is 0. The molecule has 0 saturated carbocycles. The number of aliphatic hydroxyl groups is 1. The Kier molecular flexibility index (Phi) is 5.84. The predicted octanol–water partition coefficient (Wildman–Crippen LogP) is 1.69. The first kappa shape index (κ1) is 15.2. The molecule has 1 atom stereocenters. The van der Waals surface area contributed by atoms with Crippen molar-refractivity contribution >= 4 is 35.1 Å². The van der Waals surface area contributed by atoms with Gasteiger partial charge in [-0.05, 0) is 26.2 Å². The van der Waals surface area contributed by atoms with Crippen LogP contribution in [0.5, 0.6) is 0 Å². The number of thiazole rings is 1. The standard InChI is InChI=1S/C12H18N2O2S2/c1-9-14-10(6-18-9)4-5-11(15)13-7-12(2,16)8-17-3/h4-6,16H,7-8H2,1-3H3,(H,13,15)/b5-4+. The average molecular weight is 286 g/mol. The van der Waals surface area contributed by atoms with Crippen LogP contribution in [0.2, 0.25) is 0 Å². The minimum absolute atomic E-state index is 0.220. The quantitative estimate of drug-likeness (QED) is 0.781. The summed E-state index contributed by atoms with van der Waals surface area (Å²) in [4.78, 5) is 15.8. The van der Waals surface area contributed by atoms with E-state index in [9.17, 15) is 9.90 Å². The van der Waals surface area contributed by atoms with Crippen molar-refractivity contribution in [3.05, 3.63) is 22.2 Å². The monoisotopic (exact) mass is 286 g/mol. The molecule has 18 heavy (non-hydrogen) atoms. The van der Waals surface area contributed by atoms with Gasteiger partial charge < -0.3 is 10.4 Å². The van der Waals surface area contributed by atoms with E-state index in [1.165, 1.54) is 6.08 Å². The highest BCUT2D eigenvalue weighted by Gasteiger charge is 2.19. The predicted molar refractivity (Wildman–Crippen MR) is 77.9 cm³/mol. The van der Waals surface area contributed by atoms with E-state index in [-0.39, 0.29) is 12.5 Å². The van der Waals surface area contributed by atoms with E-state index in [0.717, 1.165) is 10.7 Å². The third-order valence-electron chi connectivity index (χ3n) is 2.14. The van der Waals surface area contributed by atoms with Crippen LogP contribution in [0.1, 0.15) is 17.6 Å². The summed E-state index contributed by atoms with van der Waals surface area (Å²) in [5, 5.41) is 15.4. The van der Waals surface area contributed by atoms with Crippen LogP contribution in [0.3, 0.4) is 0 Å². The molecule has 1 aromatic heterocycles. The summed E-state index contributed by atoms with van der Waals surface area (Å²) in [5.41, 5.74) is -0.0938. The van der Waals surface area contributed by atoms with E-state index in [1.807, 2.05) is 18.6 Å². The maximum absolute atomic E-state index is 11.5. The van der Waals surface area contributed by atoms with Crippen molar-refractivity contribution in [2.45, 2.75) is 19.4 Å². The molecular formula is C12H18N2O2S2. The second-order valence-electron chi connectivity index (χ2n) is 4.27. The number of nitrogens with zero attached hydrogens (tertiary/aromatic N) is 1. The Morgan fingerprint density at radius 3 is 3.00 bits per heavy atom. The van der Waals surface area contributed by atoms with E-state index >= 15 is 0 Å². The Morgan fingerprint density at radius 1 is 1.72 bits per heavy atom. The normalized spacial score (nSPS) is 14.7. The smallest absolute Gasteiger partial charge is 0.244 e. The Bertz CT molecular complexity index is 427. The first-order valence-corrected chi connectivity index (χ1v) is 7.80. The fourth-order valence-corrected chi connectivity index (χ4v) is 2.62. The van der Waals surface area contributed by atoms with Crippen molar-refractivity contribution in [1.82, 2.24) is 10.3 Å². The fraction of sp³-hybridized carbons (Fsp3) is 0.500. The van der Waals surface area contributed by atoms with E-state index in [2.05, 4.69) is 10.3 Å². The topological polar surface area (TPSA) is 62.2 Å². The van der Waals surface area contributed by atoms with E-state index < -0.39 is 5.60 Å². The van der Waals surface area contributed by atoms with Gasteiger partial charge in [0, 0.05) is 23.8 Å². The maximum atomic E-state index is 11.5. The zero-order valence-electron chi connectivity index (χ0n) is 10.8. The number of rotatable bonds is 6. The highest BCUT2D eigenvalue weighted by Crippen LogP contribution is 2.10. The van der Waals surface area contributed by atoms with Crippen LogP contribution < -0.4 is 5.32 Å².